The van der Waals surface area contributed by atoms with Gasteiger partial charge in [0.25, 0.3) is 10.0 Å². The fourth-order valence-corrected chi connectivity index (χ4v) is 6.77. The molecule has 0 aliphatic heterocycles. The number of halogens is 2. The van der Waals surface area contributed by atoms with Gasteiger partial charge in [-0.25, -0.2) is 8.42 Å². The molecule has 0 spiro atoms. The van der Waals surface area contributed by atoms with Gasteiger partial charge in [0.2, 0.25) is 11.8 Å². The Morgan fingerprint density at radius 3 is 2.22 bits per heavy atom. The highest BCUT2D eigenvalue weighted by molar-refractivity contribution is 7.92. The highest BCUT2D eigenvalue weighted by Gasteiger charge is 2.34. The van der Waals surface area contributed by atoms with Crippen molar-refractivity contribution < 1.29 is 18.0 Å². The van der Waals surface area contributed by atoms with Crippen molar-refractivity contribution in [1.29, 1.82) is 0 Å². The van der Waals surface area contributed by atoms with E-state index in [1.54, 1.807) is 12.1 Å². The van der Waals surface area contributed by atoms with E-state index in [-0.39, 0.29) is 39.1 Å². The fraction of sp³-hybridized carbons (Fsp3) is 0.355. The summed E-state index contributed by atoms with van der Waals surface area (Å²) >= 11 is 12.4. The van der Waals surface area contributed by atoms with Crippen LogP contribution in [0.2, 0.25) is 10.0 Å². The van der Waals surface area contributed by atoms with Crippen LogP contribution in [0.15, 0.2) is 77.7 Å². The maximum atomic E-state index is 14.1. The first-order valence-electron chi connectivity index (χ1n) is 13.8. The topological polar surface area (TPSA) is 86.8 Å². The summed E-state index contributed by atoms with van der Waals surface area (Å²) in [6.07, 6.45) is 4.31. The molecule has 1 atom stereocenters. The smallest absolute Gasteiger partial charge is 0.264 e. The van der Waals surface area contributed by atoms with Crippen LogP contribution in [-0.4, -0.2) is 43.8 Å². The Hall–Kier alpha value is -3.07. The molecular weight excluding hydrogens is 581 g/mol. The van der Waals surface area contributed by atoms with Gasteiger partial charge in [0.15, 0.2) is 0 Å². The molecule has 1 fully saturated rings. The molecule has 3 aromatic carbocycles. The minimum Gasteiger partial charge on any atom is -0.352 e. The third-order valence-electron chi connectivity index (χ3n) is 7.36. The largest absolute Gasteiger partial charge is 0.352 e. The molecule has 1 unspecified atom stereocenters. The van der Waals surface area contributed by atoms with Crippen molar-refractivity contribution in [2.75, 3.05) is 10.8 Å². The van der Waals surface area contributed by atoms with Crippen LogP contribution >= 0.6 is 23.2 Å². The highest BCUT2D eigenvalue weighted by atomic mass is 35.5. The molecule has 3 aromatic rings. The number of amides is 2. The van der Waals surface area contributed by atoms with Gasteiger partial charge in [-0.2, -0.15) is 0 Å². The quantitative estimate of drug-likeness (QED) is 0.272. The lowest BCUT2D eigenvalue weighted by atomic mass is 10.1. The molecule has 1 N–H and O–H groups in total. The van der Waals surface area contributed by atoms with Gasteiger partial charge in [-0.15, -0.1) is 0 Å². The molecule has 10 heteroatoms. The Morgan fingerprint density at radius 2 is 1.61 bits per heavy atom. The summed E-state index contributed by atoms with van der Waals surface area (Å²) in [7, 11) is -4.19. The zero-order valence-electron chi connectivity index (χ0n) is 23.2. The van der Waals surface area contributed by atoms with Gasteiger partial charge in [0, 0.05) is 12.6 Å². The predicted molar refractivity (Wildman–Crippen MR) is 164 cm³/mol. The van der Waals surface area contributed by atoms with Crippen molar-refractivity contribution in [3.8, 4) is 0 Å². The van der Waals surface area contributed by atoms with Gasteiger partial charge < -0.3 is 10.2 Å². The zero-order chi connectivity index (χ0) is 29.6. The highest BCUT2D eigenvalue weighted by Crippen LogP contribution is 2.31. The van der Waals surface area contributed by atoms with Crippen molar-refractivity contribution in [2.45, 2.75) is 69.5 Å². The van der Waals surface area contributed by atoms with Crippen LogP contribution in [0, 0.1) is 6.92 Å². The molecule has 4 rings (SSSR count). The second kappa shape index (κ2) is 13.7. The number of sulfonamides is 1. The van der Waals surface area contributed by atoms with Gasteiger partial charge in [0.05, 0.1) is 20.6 Å². The van der Waals surface area contributed by atoms with Gasteiger partial charge in [0.1, 0.15) is 12.6 Å². The van der Waals surface area contributed by atoms with E-state index in [1.165, 1.54) is 35.2 Å². The van der Waals surface area contributed by atoms with Crippen molar-refractivity contribution in [3.63, 3.8) is 0 Å². The first-order valence-corrected chi connectivity index (χ1v) is 16.0. The Morgan fingerprint density at radius 1 is 0.951 bits per heavy atom. The van der Waals surface area contributed by atoms with Crippen LogP contribution in [0.5, 0.6) is 0 Å². The fourth-order valence-electron chi connectivity index (χ4n) is 5.07. The number of nitrogens with zero attached hydrogens (tertiary/aromatic N) is 2. The van der Waals surface area contributed by atoms with E-state index in [2.05, 4.69) is 5.32 Å². The van der Waals surface area contributed by atoms with E-state index in [0.29, 0.717) is 6.42 Å². The van der Waals surface area contributed by atoms with Crippen molar-refractivity contribution in [3.05, 3.63) is 94.0 Å². The summed E-state index contributed by atoms with van der Waals surface area (Å²) in [4.78, 5) is 29.1. The molecular formula is C31H35Cl2N3O4S. The second-order valence-corrected chi connectivity index (χ2v) is 13.0. The zero-order valence-corrected chi connectivity index (χ0v) is 25.6. The molecule has 1 saturated carbocycles. The third-order valence-corrected chi connectivity index (χ3v) is 9.89. The molecule has 2 amide bonds. The van der Waals surface area contributed by atoms with Gasteiger partial charge >= 0.3 is 0 Å². The van der Waals surface area contributed by atoms with Crippen LogP contribution in [0.1, 0.15) is 50.2 Å². The van der Waals surface area contributed by atoms with Crippen molar-refractivity contribution in [2.24, 2.45) is 0 Å². The standard InChI is InChI=1S/C31H35Cl2N3O4S/c1-3-29(31(38)34-24-11-7-8-12-24)35(20-23-9-5-4-6-10-23)30(37)21-36(25-15-18-27(32)28(33)19-25)41(39,40)26-16-13-22(2)14-17-26/h4-6,9-10,13-19,24,29H,3,7-8,11-12,20-21H2,1-2H3,(H,34,38). The van der Waals surface area contributed by atoms with E-state index in [1.807, 2.05) is 44.2 Å². The summed E-state index contributed by atoms with van der Waals surface area (Å²) < 4.78 is 28.9. The third kappa shape index (κ3) is 7.61. The second-order valence-electron chi connectivity index (χ2n) is 10.3. The van der Waals surface area contributed by atoms with E-state index in [9.17, 15) is 18.0 Å². The van der Waals surface area contributed by atoms with Crippen LogP contribution in [0.25, 0.3) is 0 Å². The van der Waals surface area contributed by atoms with Gasteiger partial charge in [-0.05, 0) is 62.1 Å². The number of hydrogen-bond acceptors (Lipinski definition) is 4. The number of nitrogens with one attached hydrogen (secondary N) is 1. The summed E-state index contributed by atoms with van der Waals surface area (Å²) in [6, 6.07) is 19.5. The first-order chi connectivity index (χ1) is 19.6. The minimum atomic E-state index is -4.19. The van der Waals surface area contributed by atoms with Gasteiger partial charge in [-0.1, -0.05) is 91.0 Å². The maximum Gasteiger partial charge on any atom is 0.264 e. The molecule has 0 radical (unpaired) electrons. The molecule has 41 heavy (non-hydrogen) atoms. The number of benzene rings is 3. The molecule has 1 aliphatic carbocycles. The summed E-state index contributed by atoms with van der Waals surface area (Å²) in [6.45, 7) is 3.33. The van der Waals surface area contributed by atoms with Gasteiger partial charge in [-0.3, -0.25) is 13.9 Å². The maximum absolute atomic E-state index is 14.1. The first kappa shape index (κ1) is 30.9. The van der Waals surface area contributed by atoms with E-state index < -0.39 is 28.5 Å². The number of carbonyl (C=O) groups excluding carboxylic acids is 2. The van der Waals surface area contributed by atoms with Crippen molar-refractivity contribution in [1.82, 2.24) is 10.2 Å². The molecule has 218 valence electrons. The average molecular weight is 617 g/mol. The van der Waals surface area contributed by atoms with E-state index in [0.717, 1.165) is 41.1 Å². The molecule has 1 aliphatic rings. The number of aryl methyl sites for hydroxylation is 1. The number of rotatable bonds is 11. The molecule has 0 bridgehead atoms. The molecule has 0 saturated heterocycles. The van der Waals surface area contributed by atoms with Crippen LogP contribution in [0.4, 0.5) is 5.69 Å². The normalized spacial score (nSPS) is 14.4. The molecule has 0 heterocycles. The summed E-state index contributed by atoms with van der Waals surface area (Å²) in [5, 5.41) is 3.53. The van der Waals surface area contributed by atoms with Crippen LogP contribution in [0.3, 0.4) is 0 Å². The lowest BCUT2D eigenvalue weighted by Gasteiger charge is -2.33. The monoisotopic (exact) mass is 615 g/mol. The summed E-state index contributed by atoms with van der Waals surface area (Å²) in [5.41, 5.74) is 1.92. The number of hydrogen-bond donors (Lipinski definition) is 1. The van der Waals surface area contributed by atoms with Crippen LogP contribution < -0.4 is 9.62 Å². The Kier molecular flexibility index (Phi) is 10.3. The summed E-state index contributed by atoms with van der Waals surface area (Å²) in [5.74, 6) is -0.741. The van der Waals surface area contributed by atoms with E-state index in [4.69, 9.17) is 23.2 Å². The lowest BCUT2D eigenvalue weighted by Crippen LogP contribution is -2.53. The Balaban J connectivity index is 1.72. The Labute approximate surface area is 252 Å². The number of carbonyl (C=O) groups is 2. The predicted octanol–water partition coefficient (Wildman–Crippen LogP) is 6.36. The lowest BCUT2D eigenvalue weighted by molar-refractivity contribution is -0.140. The minimum absolute atomic E-state index is 0.0302. The molecule has 7 nitrogen and oxygen atoms in total. The number of anilines is 1. The SMILES string of the molecule is CCC(C(=O)NC1CCCC1)N(Cc1ccccc1)C(=O)CN(c1ccc(Cl)c(Cl)c1)S(=O)(=O)c1ccc(C)cc1. The van der Waals surface area contributed by atoms with E-state index >= 15 is 0 Å². The van der Waals surface area contributed by atoms with Crippen molar-refractivity contribution >= 4 is 50.7 Å². The van der Waals surface area contributed by atoms with Crippen LogP contribution in [-0.2, 0) is 26.2 Å². The molecule has 0 aromatic heterocycles. The Bertz CT molecular complexity index is 1460. The average Bonchev–Trinajstić information content (AvgIpc) is 3.47.